The third kappa shape index (κ3) is 5.32. The van der Waals surface area contributed by atoms with Crippen molar-refractivity contribution in [2.75, 3.05) is 6.54 Å². The highest BCUT2D eigenvalue weighted by molar-refractivity contribution is 9.10. The van der Waals surface area contributed by atoms with Gasteiger partial charge in [-0.3, -0.25) is 4.79 Å². The van der Waals surface area contributed by atoms with Gasteiger partial charge in [-0.15, -0.1) is 0 Å². The standard InChI is InChI=1S/C23H25BrN2O2/c1-16-4-6-17(7-5-16)20-14-25-22(28-20)13-12-21(27)26-15-23(2,3)18-8-10-19(24)11-9-18/h4-11,14H,12-13,15H2,1-3H3,(H,26,27). The Kier molecular flexibility index (Phi) is 6.35. The predicted octanol–water partition coefficient (Wildman–Crippen LogP) is 5.44. The van der Waals surface area contributed by atoms with Crippen molar-refractivity contribution in [1.29, 1.82) is 0 Å². The Balaban J connectivity index is 1.50. The molecule has 1 aromatic heterocycles. The number of halogens is 1. The molecule has 0 saturated carbocycles. The first-order chi connectivity index (χ1) is 13.3. The third-order valence-electron chi connectivity index (χ3n) is 4.81. The molecule has 0 aliphatic heterocycles. The van der Waals surface area contributed by atoms with E-state index in [9.17, 15) is 4.79 Å². The maximum Gasteiger partial charge on any atom is 0.220 e. The van der Waals surface area contributed by atoms with Gasteiger partial charge in [0.15, 0.2) is 11.7 Å². The fourth-order valence-corrected chi connectivity index (χ4v) is 3.17. The summed E-state index contributed by atoms with van der Waals surface area (Å²) in [6, 6.07) is 16.3. The predicted molar refractivity (Wildman–Crippen MR) is 115 cm³/mol. The van der Waals surface area contributed by atoms with Crippen molar-refractivity contribution in [2.45, 2.75) is 39.0 Å². The highest BCUT2D eigenvalue weighted by Gasteiger charge is 2.21. The second-order valence-corrected chi connectivity index (χ2v) is 8.57. The lowest BCUT2D eigenvalue weighted by molar-refractivity contribution is -0.121. The first kappa shape index (κ1) is 20.3. The minimum Gasteiger partial charge on any atom is -0.441 e. The molecule has 3 aromatic rings. The fraction of sp³-hybridized carbons (Fsp3) is 0.304. The summed E-state index contributed by atoms with van der Waals surface area (Å²) in [4.78, 5) is 16.6. The van der Waals surface area contributed by atoms with Gasteiger partial charge in [-0.2, -0.15) is 0 Å². The summed E-state index contributed by atoms with van der Waals surface area (Å²) in [6.07, 6.45) is 2.55. The molecule has 28 heavy (non-hydrogen) atoms. The number of hydrogen-bond acceptors (Lipinski definition) is 3. The zero-order chi connectivity index (χ0) is 20.1. The molecule has 146 valence electrons. The Morgan fingerprint density at radius 2 is 1.79 bits per heavy atom. The van der Waals surface area contributed by atoms with E-state index in [-0.39, 0.29) is 11.3 Å². The Labute approximate surface area is 174 Å². The van der Waals surface area contributed by atoms with Crippen LogP contribution in [0.15, 0.2) is 63.6 Å². The summed E-state index contributed by atoms with van der Waals surface area (Å²) < 4.78 is 6.84. The molecule has 0 atom stereocenters. The molecule has 1 heterocycles. The third-order valence-corrected chi connectivity index (χ3v) is 5.34. The smallest absolute Gasteiger partial charge is 0.220 e. The second-order valence-electron chi connectivity index (χ2n) is 7.65. The van der Waals surface area contributed by atoms with E-state index in [1.54, 1.807) is 6.20 Å². The summed E-state index contributed by atoms with van der Waals surface area (Å²) in [5.41, 5.74) is 3.24. The molecular formula is C23H25BrN2O2. The summed E-state index contributed by atoms with van der Waals surface area (Å²) in [6.45, 7) is 6.87. The molecule has 0 fully saturated rings. The van der Waals surface area contributed by atoms with Crippen LogP contribution in [0.3, 0.4) is 0 Å². The molecule has 1 amide bonds. The first-order valence-corrected chi connectivity index (χ1v) is 10.2. The van der Waals surface area contributed by atoms with Crippen LogP contribution >= 0.6 is 15.9 Å². The molecule has 4 nitrogen and oxygen atoms in total. The minimum atomic E-state index is -0.141. The normalized spacial score (nSPS) is 11.4. The molecule has 0 radical (unpaired) electrons. The Bertz CT molecular complexity index is 928. The molecule has 0 aliphatic carbocycles. The van der Waals surface area contributed by atoms with Crippen LogP contribution in [0, 0.1) is 6.92 Å². The van der Waals surface area contributed by atoms with Gasteiger partial charge in [-0.1, -0.05) is 71.7 Å². The van der Waals surface area contributed by atoms with Gasteiger partial charge in [0.1, 0.15) is 0 Å². The van der Waals surface area contributed by atoms with Crippen molar-refractivity contribution in [1.82, 2.24) is 10.3 Å². The molecule has 0 spiro atoms. The summed E-state index contributed by atoms with van der Waals surface area (Å²) in [5.74, 6) is 1.31. The molecule has 0 bridgehead atoms. The van der Waals surface area contributed by atoms with Crippen molar-refractivity contribution in [2.24, 2.45) is 0 Å². The van der Waals surface area contributed by atoms with Gasteiger partial charge in [-0.05, 0) is 24.6 Å². The lowest BCUT2D eigenvalue weighted by Crippen LogP contribution is -2.36. The molecule has 0 aliphatic rings. The number of aryl methyl sites for hydroxylation is 2. The molecule has 1 N–H and O–H groups in total. The van der Waals surface area contributed by atoms with Gasteiger partial charge in [-0.25, -0.2) is 4.98 Å². The van der Waals surface area contributed by atoms with Gasteiger partial charge in [0.05, 0.1) is 6.20 Å². The van der Waals surface area contributed by atoms with Crippen molar-refractivity contribution in [3.8, 4) is 11.3 Å². The molecule has 0 unspecified atom stereocenters. The van der Waals surface area contributed by atoms with E-state index in [0.29, 0.717) is 25.3 Å². The SMILES string of the molecule is Cc1ccc(-c2cnc(CCC(=O)NCC(C)(C)c3ccc(Br)cc3)o2)cc1. The van der Waals surface area contributed by atoms with Crippen LogP contribution in [0.1, 0.15) is 37.3 Å². The quantitative estimate of drug-likeness (QED) is 0.531. The lowest BCUT2D eigenvalue weighted by Gasteiger charge is -2.25. The number of oxazole rings is 1. The first-order valence-electron chi connectivity index (χ1n) is 9.38. The Morgan fingerprint density at radius 3 is 2.46 bits per heavy atom. The molecular weight excluding hydrogens is 416 g/mol. The maximum atomic E-state index is 12.3. The number of aromatic nitrogens is 1. The monoisotopic (exact) mass is 440 g/mol. The van der Waals surface area contributed by atoms with Crippen LogP contribution in [0.5, 0.6) is 0 Å². The molecule has 2 aromatic carbocycles. The van der Waals surface area contributed by atoms with Gasteiger partial charge in [0, 0.05) is 34.8 Å². The second kappa shape index (κ2) is 8.74. The van der Waals surface area contributed by atoms with Gasteiger partial charge >= 0.3 is 0 Å². The van der Waals surface area contributed by atoms with Gasteiger partial charge in [0.25, 0.3) is 0 Å². The number of rotatable bonds is 7. The number of amides is 1. The Hall–Kier alpha value is -2.40. The van der Waals surface area contributed by atoms with Crippen LogP contribution < -0.4 is 5.32 Å². The summed E-state index contributed by atoms with van der Waals surface area (Å²) in [5, 5.41) is 3.03. The van der Waals surface area contributed by atoms with E-state index < -0.39 is 0 Å². The van der Waals surface area contributed by atoms with Crippen molar-refractivity contribution >= 4 is 21.8 Å². The van der Waals surface area contributed by atoms with E-state index in [0.717, 1.165) is 15.8 Å². The van der Waals surface area contributed by atoms with Crippen molar-refractivity contribution in [3.63, 3.8) is 0 Å². The van der Waals surface area contributed by atoms with Crippen molar-refractivity contribution in [3.05, 3.63) is 76.2 Å². The van der Waals surface area contributed by atoms with Crippen molar-refractivity contribution < 1.29 is 9.21 Å². The van der Waals surface area contributed by atoms with Crippen LogP contribution in [0.25, 0.3) is 11.3 Å². The lowest BCUT2D eigenvalue weighted by atomic mass is 9.84. The number of carbonyl (C=O) groups is 1. The van der Waals surface area contributed by atoms with Crippen LogP contribution in [0.2, 0.25) is 0 Å². The fourth-order valence-electron chi connectivity index (χ4n) is 2.91. The highest BCUT2D eigenvalue weighted by atomic mass is 79.9. The summed E-state index contributed by atoms with van der Waals surface area (Å²) >= 11 is 3.45. The molecule has 3 rings (SSSR count). The minimum absolute atomic E-state index is 0.000252. The average Bonchev–Trinajstić information content (AvgIpc) is 3.15. The zero-order valence-corrected chi connectivity index (χ0v) is 18.0. The van der Waals surface area contributed by atoms with E-state index >= 15 is 0 Å². The average molecular weight is 441 g/mol. The number of carbonyl (C=O) groups excluding carboxylic acids is 1. The zero-order valence-electron chi connectivity index (χ0n) is 16.5. The summed E-state index contributed by atoms with van der Waals surface area (Å²) in [7, 11) is 0. The number of nitrogens with one attached hydrogen (secondary N) is 1. The molecule has 5 heteroatoms. The van der Waals surface area contributed by atoms with Crippen LogP contribution in [-0.4, -0.2) is 17.4 Å². The van der Waals surface area contributed by atoms with E-state index in [1.165, 1.54) is 11.1 Å². The topological polar surface area (TPSA) is 55.1 Å². The van der Waals surface area contributed by atoms with Crippen LogP contribution in [-0.2, 0) is 16.6 Å². The van der Waals surface area contributed by atoms with E-state index in [1.807, 2.05) is 43.3 Å². The van der Waals surface area contributed by atoms with Crippen LogP contribution in [0.4, 0.5) is 0 Å². The van der Waals surface area contributed by atoms with Gasteiger partial charge < -0.3 is 9.73 Å². The van der Waals surface area contributed by atoms with E-state index in [2.05, 4.69) is 52.2 Å². The maximum absolute atomic E-state index is 12.3. The highest BCUT2D eigenvalue weighted by Crippen LogP contribution is 2.24. The largest absolute Gasteiger partial charge is 0.441 e. The number of hydrogen-bond donors (Lipinski definition) is 1. The number of nitrogens with zero attached hydrogens (tertiary/aromatic N) is 1. The van der Waals surface area contributed by atoms with E-state index in [4.69, 9.17) is 4.42 Å². The van der Waals surface area contributed by atoms with Gasteiger partial charge in [0.2, 0.25) is 5.91 Å². The number of benzene rings is 2. The molecule has 0 saturated heterocycles. The Morgan fingerprint density at radius 1 is 1.11 bits per heavy atom.